The van der Waals surface area contributed by atoms with E-state index in [4.69, 9.17) is 0 Å². The van der Waals surface area contributed by atoms with Crippen molar-refractivity contribution in [3.05, 3.63) is 12.4 Å². The number of ketones is 1. The highest BCUT2D eigenvalue weighted by Crippen LogP contribution is 2.65. The first-order valence-electron chi connectivity index (χ1n) is 20.0. The Balaban J connectivity index is 0.00000152. The first kappa shape index (κ1) is 43.7. The van der Waals surface area contributed by atoms with E-state index in [0.29, 0.717) is 32.2 Å². The predicted molar refractivity (Wildman–Crippen MR) is 207 cm³/mol. The second-order valence-corrected chi connectivity index (χ2v) is 21.6. The standard InChI is InChI=1S/C36H58FN5O7S.C4H8/c1-22(37)19-38-30(45)27(43)23(2)39-29(44)26-25-24(34(25,6)7)20-42(26)31(46)28(35(8)15-11-9-12-16-35)40-32(47)41-36(17-13-10-14-18-36)21-50(48,49)33(3,4)5;1-4-2-3-4/h23-26,28H,1,9-21H2,2-8H3,(H,38,45)(H,39,44)(H2,40,41,47);4H,2-3H2,1H3/t23-,24-,25-,26-,28+;/m0./s1. The highest BCUT2D eigenvalue weighted by atomic mass is 32.2. The maximum atomic E-state index is 14.7. The number of urea groups is 1. The number of rotatable bonds is 12. The van der Waals surface area contributed by atoms with Crippen LogP contribution in [-0.4, -0.2) is 90.1 Å². The summed E-state index contributed by atoms with van der Waals surface area (Å²) in [4.78, 5) is 69.1. The lowest BCUT2D eigenvalue weighted by molar-refractivity contribution is -0.146. The van der Waals surface area contributed by atoms with Crippen LogP contribution in [0.25, 0.3) is 0 Å². The molecule has 5 atom stereocenters. The molecule has 0 aromatic rings. The maximum Gasteiger partial charge on any atom is 0.315 e. The molecule has 5 fully saturated rings. The van der Waals surface area contributed by atoms with Gasteiger partial charge in [0.1, 0.15) is 17.9 Å². The zero-order valence-electron chi connectivity index (χ0n) is 33.9. The van der Waals surface area contributed by atoms with E-state index >= 15 is 0 Å². The van der Waals surface area contributed by atoms with Crippen LogP contribution < -0.4 is 21.3 Å². The molecule has 4 N–H and O–H groups in total. The van der Waals surface area contributed by atoms with Gasteiger partial charge in [0, 0.05) is 6.54 Å². The van der Waals surface area contributed by atoms with Gasteiger partial charge in [0.2, 0.25) is 17.6 Å². The molecule has 0 spiro atoms. The van der Waals surface area contributed by atoms with Gasteiger partial charge in [0.15, 0.2) is 9.84 Å². The highest BCUT2D eigenvalue weighted by Gasteiger charge is 2.70. The van der Waals surface area contributed by atoms with Crippen LogP contribution in [0.5, 0.6) is 0 Å². The fourth-order valence-electron chi connectivity index (χ4n) is 8.67. The van der Waals surface area contributed by atoms with Crippen molar-refractivity contribution in [3.8, 4) is 0 Å². The van der Waals surface area contributed by atoms with Crippen LogP contribution in [0.3, 0.4) is 0 Å². The zero-order valence-corrected chi connectivity index (χ0v) is 34.7. The third-order valence-electron chi connectivity index (χ3n) is 12.8. The zero-order chi connectivity index (χ0) is 40.4. The molecular formula is C40H66FN5O7S. The monoisotopic (exact) mass is 779 g/mol. The summed E-state index contributed by atoms with van der Waals surface area (Å²) in [7, 11) is -3.58. The molecule has 5 amide bonds. The van der Waals surface area contributed by atoms with Gasteiger partial charge in [-0.3, -0.25) is 19.2 Å². The van der Waals surface area contributed by atoms with Crippen molar-refractivity contribution in [2.45, 2.75) is 161 Å². The van der Waals surface area contributed by atoms with Crippen LogP contribution in [-0.2, 0) is 29.0 Å². The molecule has 5 rings (SSSR count). The van der Waals surface area contributed by atoms with E-state index in [9.17, 15) is 36.8 Å². The Morgan fingerprint density at radius 2 is 1.44 bits per heavy atom. The third kappa shape index (κ3) is 10.2. The Kier molecular flexibility index (Phi) is 13.4. The highest BCUT2D eigenvalue weighted by molar-refractivity contribution is 7.92. The number of nitrogens with one attached hydrogen (secondary N) is 4. The Hall–Kier alpha value is -3.03. The lowest BCUT2D eigenvalue weighted by atomic mass is 9.70. The number of halogens is 1. The number of hydrogen-bond donors (Lipinski definition) is 4. The number of hydrogen-bond acceptors (Lipinski definition) is 7. The second kappa shape index (κ2) is 16.6. The van der Waals surface area contributed by atoms with Crippen molar-refractivity contribution in [2.75, 3.05) is 18.8 Å². The van der Waals surface area contributed by atoms with Crippen LogP contribution in [0.1, 0.15) is 132 Å². The molecule has 0 aromatic heterocycles. The summed E-state index contributed by atoms with van der Waals surface area (Å²) in [6.45, 7) is 17.5. The first-order chi connectivity index (χ1) is 24.9. The summed E-state index contributed by atoms with van der Waals surface area (Å²) in [5.74, 6) is -3.11. The van der Waals surface area contributed by atoms with E-state index in [0.717, 1.165) is 44.4 Å². The second-order valence-electron chi connectivity index (χ2n) is 18.8. The molecule has 1 saturated heterocycles. The fraction of sp³-hybridized carbons (Fsp3) is 0.825. The normalized spacial score (nSPS) is 26.4. The summed E-state index contributed by atoms with van der Waals surface area (Å²) in [5, 5.41) is 10.8. The van der Waals surface area contributed by atoms with Gasteiger partial charge >= 0.3 is 6.03 Å². The summed E-state index contributed by atoms with van der Waals surface area (Å²) >= 11 is 0. The molecule has 0 radical (unpaired) electrons. The van der Waals surface area contributed by atoms with Crippen LogP contribution in [0, 0.1) is 28.6 Å². The van der Waals surface area contributed by atoms with Crippen LogP contribution >= 0.6 is 0 Å². The third-order valence-corrected chi connectivity index (χ3v) is 15.6. The minimum absolute atomic E-state index is 0.0221. The Labute approximate surface area is 322 Å². The molecular weight excluding hydrogens is 714 g/mol. The molecule has 54 heavy (non-hydrogen) atoms. The van der Waals surface area contributed by atoms with Crippen LogP contribution in [0.15, 0.2) is 12.4 Å². The number of likely N-dealkylation sites (tertiary alicyclic amines) is 1. The van der Waals surface area contributed by atoms with Gasteiger partial charge in [-0.15, -0.1) is 0 Å². The van der Waals surface area contributed by atoms with Crippen molar-refractivity contribution < 1.29 is 36.8 Å². The van der Waals surface area contributed by atoms with E-state index in [2.05, 4.69) is 34.8 Å². The average Bonchev–Trinajstić information content (AvgIpc) is 3.90. The van der Waals surface area contributed by atoms with E-state index in [1.807, 2.05) is 20.8 Å². The van der Waals surface area contributed by atoms with E-state index < -0.39 is 85.6 Å². The summed E-state index contributed by atoms with van der Waals surface area (Å²) in [6.07, 6.45) is 10.6. The first-order valence-corrected chi connectivity index (χ1v) is 21.7. The van der Waals surface area contributed by atoms with Gasteiger partial charge in [-0.25, -0.2) is 17.6 Å². The van der Waals surface area contributed by atoms with Crippen molar-refractivity contribution in [1.29, 1.82) is 0 Å². The quantitative estimate of drug-likeness (QED) is 0.200. The van der Waals surface area contributed by atoms with Gasteiger partial charge in [0.05, 0.1) is 28.6 Å². The number of Topliss-reactive ketones (excluding diaryl/α,β-unsaturated/α-hetero) is 1. The van der Waals surface area contributed by atoms with Gasteiger partial charge in [-0.1, -0.05) is 85.6 Å². The van der Waals surface area contributed by atoms with Gasteiger partial charge in [-0.05, 0) is 82.0 Å². The molecule has 5 aliphatic rings. The number of nitrogens with zero attached hydrogens (tertiary/aromatic N) is 1. The Bertz CT molecular complexity index is 1560. The number of carbonyl (C=O) groups excluding carboxylic acids is 5. The van der Waals surface area contributed by atoms with E-state index in [1.165, 1.54) is 24.7 Å². The summed E-state index contributed by atoms with van der Waals surface area (Å²) in [6, 6.07) is -3.77. The molecule has 14 heteroatoms. The number of piperidine rings is 1. The average molecular weight is 780 g/mol. The molecule has 0 aromatic carbocycles. The van der Waals surface area contributed by atoms with Gasteiger partial charge in [0.25, 0.3) is 5.91 Å². The Morgan fingerprint density at radius 1 is 0.907 bits per heavy atom. The fourth-order valence-corrected chi connectivity index (χ4v) is 10.2. The van der Waals surface area contributed by atoms with Gasteiger partial charge < -0.3 is 26.2 Å². The summed E-state index contributed by atoms with van der Waals surface area (Å²) < 4.78 is 38.8. The van der Waals surface area contributed by atoms with Crippen molar-refractivity contribution in [1.82, 2.24) is 26.2 Å². The molecule has 4 aliphatic carbocycles. The van der Waals surface area contributed by atoms with Crippen LogP contribution in [0.2, 0.25) is 0 Å². The van der Waals surface area contributed by atoms with Crippen molar-refractivity contribution in [2.24, 2.45) is 28.6 Å². The minimum atomic E-state index is -3.58. The minimum Gasteiger partial charge on any atom is -0.344 e. The molecule has 4 saturated carbocycles. The SMILES string of the molecule is C=C(F)CNC(=O)C(=O)[C@H](C)NC(=O)[C@@H]1[C@@H]2[C@H](CN1C(=O)[C@@H](NC(=O)NC1(CS(=O)(=O)C(C)(C)C)CCCCC1)C1(C)CCCCC1)C2(C)C.CC1CC1. The number of fused-ring (bicyclic) bond motifs is 1. The van der Waals surface area contributed by atoms with Gasteiger partial charge in [-0.2, -0.15) is 0 Å². The summed E-state index contributed by atoms with van der Waals surface area (Å²) in [5.41, 5.74) is -1.83. The number of sulfone groups is 1. The molecule has 1 aliphatic heterocycles. The maximum absolute atomic E-state index is 14.7. The van der Waals surface area contributed by atoms with Crippen molar-refractivity contribution >= 4 is 39.4 Å². The number of amides is 5. The largest absolute Gasteiger partial charge is 0.344 e. The predicted octanol–water partition coefficient (Wildman–Crippen LogP) is 5.11. The van der Waals surface area contributed by atoms with Crippen LogP contribution in [0.4, 0.5) is 9.18 Å². The molecule has 12 nitrogen and oxygen atoms in total. The smallest absolute Gasteiger partial charge is 0.315 e. The van der Waals surface area contributed by atoms with Crippen molar-refractivity contribution in [3.63, 3.8) is 0 Å². The van der Waals surface area contributed by atoms with E-state index in [-0.39, 0.29) is 23.0 Å². The molecule has 1 heterocycles. The topological polar surface area (TPSA) is 171 Å². The lowest BCUT2D eigenvalue weighted by Crippen LogP contribution is -2.65. The molecule has 0 bridgehead atoms. The Morgan fingerprint density at radius 3 is 1.94 bits per heavy atom. The van der Waals surface area contributed by atoms with E-state index in [1.54, 1.807) is 20.8 Å². The lowest BCUT2D eigenvalue weighted by Gasteiger charge is -2.44. The number of carbonyl (C=O) groups is 5. The molecule has 306 valence electrons. The molecule has 0 unspecified atom stereocenters.